The van der Waals surface area contributed by atoms with Gasteiger partial charge in [0.1, 0.15) is 11.5 Å². The van der Waals surface area contributed by atoms with Gasteiger partial charge >= 0.3 is 11.9 Å². The Morgan fingerprint density at radius 1 is 0.683 bits per heavy atom. The van der Waals surface area contributed by atoms with Gasteiger partial charge in [-0.1, -0.05) is 81.3 Å². The summed E-state index contributed by atoms with van der Waals surface area (Å²) in [4.78, 5) is 26.0. The predicted octanol–water partition coefficient (Wildman–Crippen LogP) is 6.72. The standard InChI is InChI=1S/C33H32O8/c1-3-7-20(2)18-26(36)40-32-28(22-10-14-24(34)15-11-22)31(39)33(41-27(37)19-21-8-5-4-6-9-21)29(30(32)38)23-12-16-25(35)17-13-23/h4-6,8-17,20,34-35,38-39H,3,7,18-19H2,1-2H3/t20-/m0/s1. The molecule has 0 unspecified atom stereocenters. The van der Waals surface area contributed by atoms with Gasteiger partial charge in [0.25, 0.3) is 0 Å². The van der Waals surface area contributed by atoms with Crippen LogP contribution in [0.25, 0.3) is 22.3 Å². The van der Waals surface area contributed by atoms with Crippen molar-refractivity contribution in [2.45, 2.75) is 39.5 Å². The molecular formula is C33H32O8. The van der Waals surface area contributed by atoms with Gasteiger partial charge < -0.3 is 29.9 Å². The number of hydrogen-bond donors (Lipinski definition) is 4. The van der Waals surface area contributed by atoms with E-state index in [1.54, 1.807) is 24.3 Å². The minimum absolute atomic E-state index is 0.0233. The number of benzene rings is 4. The predicted molar refractivity (Wildman–Crippen MR) is 154 cm³/mol. The molecule has 0 fully saturated rings. The van der Waals surface area contributed by atoms with Crippen molar-refractivity contribution in [3.05, 3.63) is 84.4 Å². The van der Waals surface area contributed by atoms with E-state index >= 15 is 0 Å². The SMILES string of the molecule is CCC[C@H](C)CC(=O)Oc1c(O)c(-c2ccc(O)cc2)c(OC(=O)Cc2ccccc2)c(O)c1-c1ccc(O)cc1. The van der Waals surface area contributed by atoms with Gasteiger partial charge in [-0.15, -0.1) is 0 Å². The fourth-order valence-corrected chi connectivity index (χ4v) is 4.62. The highest BCUT2D eigenvalue weighted by Crippen LogP contribution is 2.56. The highest BCUT2D eigenvalue weighted by Gasteiger charge is 2.31. The van der Waals surface area contributed by atoms with E-state index in [-0.39, 0.29) is 64.0 Å². The van der Waals surface area contributed by atoms with Gasteiger partial charge in [0.2, 0.25) is 0 Å². The van der Waals surface area contributed by atoms with Crippen LogP contribution >= 0.6 is 0 Å². The molecule has 4 aromatic rings. The second-order valence-corrected chi connectivity index (χ2v) is 9.91. The average Bonchev–Trinajstić information content (AvgIpc) is 2.94. The van der Waals surface area contributed by atoms with Gasteiger partial charge in [0.05, 0.1) is 17.5 Å². The molecule has 8 heteroatoms. The monoisotopic (exact) mass is 556 g/mol. The van der Waals surface area contributed by atoms with Crippen molar-refractivity contribution in [2.24, 2.45) is 5.92 Å². The zero-order chi connectivity index (χ0) is 29.5. The van der Waals surface area contributed by atoms with Gasteiger partial charge in [-0.25, -0.2) is 0 Å². The molecule has 0 saturated carbocycles. The van der Waals surface area contributed by atoms with Crippen LogP contribution in [0.1, 0.15) is 38.7 Å². The number of hydrogen-bond acceptors (Lipinski definition) is 8. The topological polar surface area (TPSA) is 134 Å². The summed E-state index contributed by atoms with van der Waals surface area (Å²) < 4.78 is 11.4. The van der Waals surface area contributed by atoms with Crippen molar-refractivity contribution in [3.63, 3.8) is 0 Å². The first-order chi connectivity index (χ1) is 19.7. The van der Waals surface area contributed by atoms with Crippen LogP contribution in [0.5, 0.6) is 34.5 Å². The number of carbonyl (C=O) groups excluding carboxylic acids is 2. The van der Waals surface area contributed by atoms with Gasteiger partial charge in [-0.05, 0) is 46.9 Å². The van der Waals surface area contributed by atoms with Crippen LogP contribution in [0.3, 0.4) is 0 Å². The minimum Gasteiger partial charge on any atom is -0.508 e. The molecule has 0 spiro atoms. The van der Waals surface area contributed by atoms with E-state index in [0.29, 0.717) is 5.56 Å². The maximum atomic E-state index is 13.0. The molecule has 0 aliphatic heterocycles. The Morgan fingerprint density at radius 2 is 1.15 bits per heavy atom. The fraction of sp³-hybridized carbons (Fsp3) is 0.212. The molecule has 4 rings (SSSR count). The second-order valence-electron chi connectivity index (χ2n) is 9.91. The van der Waals surface area contributed by atoms with E-state index < -0.39 is 23.4 Å². The van der Waals surface area contributed by atoms with Crippen molar-refractivity contribution >= 4 is 11.9 Å². The quantitative estimate of drug-likeness (QED) is 0.0961. The van der Waals surface area contributed by atoms with E-state index in [1.807, 2.05) is 19.9 Å². The molecule has 41 heavy (non-hydrogen) atoms. The molecule has 0 heterocycles. The van der Waals surface area contributed by atoms with Gasteiger partial charge in [0.15, 0.2) is 23.0 Å². The summed E-state index contributed by atoms with van der Waals surface area (Å²) in [5.41, 5.74) is 1.06. The molecule has 4 N–H and O–H groups in total. The molecule has 0 bridgehead atoms. The van der Waals surface area contributed by atoms with Crippen molar-refractivity contribution in [1.82, 2.24) is 0 Å². The summed E-state index contributed by atoms with van der Waals surface area (Å²) in [6, 6.07) is 20.2. The Bertz CT molecular complexity index is 1510. The highest BCUT2D eigenvalue weighted by atomic mass is 16.6. The number of ether oxygens (including phenoxy) is 2. The first kappa shape index (κ1) is 29.0. The zero-order valence-corrected chi connectivity index (χ0v) is 22.8. The molecule has 1 atom stereocenters. The number of phenols is 4. The number of phenolic OH excluding ortho intramolecular Hbond substituents is 4. The van der Waals surface area contributed by atoms with Crippen LogP contribution in [0.2, 0.25) is 0 Å². The third-order valence-corrected chi connectivity index (χ3v) is 6.59. The Morgan fingerprint density at radius 3 is 1.61 bits per heavy atom. The van der Waals surface area contributed by atoms with Crippen LogP contribution in [0, 0.1) is 5.92 Å². The third kappa shape index (κ3) is 6.97. The van der Waals surface area contributed by atoms with Crippen molar-refractivity contribution < 1.29 is 39.5 Å². The van der Waals surface area contributed by atoms with Crippen LogP contribution in [0.15, 0.2) is 78.9 Å². The lowest BCUT2D eigenvalue weighted by Gasteiger charge is -2.21. The number of esters is 2. The minimum atomic E-state index is -0.708. The van der Waals surface area contributed by atoms with Crippen molar-refractivity contribution in [3.8, 4) is 56.8 Å². The van der Waals surface area contributed by atoms with Crippen molar-refractivity contribution in [2.75, 3.05) is 0 Å². The van der Waals surface area contributed by atoms with Crippen LogP contribution in [0.4, 0.5) is 0 Å². The Labute approximate surface area is 238 Å². The summed E-state index contributed by atoms with van der Waals surface area (Å²) >= 11 is 0. The summed E-state index contributed by atoms with van der Waals surface area (Å²) in [6.45, 7) is 3.93. The Balaban J connectivity index is 1.90. The van der Waals surface area contributed by atoms with E-state index in [2.05, 4.69) is 0 Å². The normalized spacial score (nSPS) is 11.6. The maximum Gasteiger partial charge on any atom is 0.315 e. The molecular weight excluding hydrogens is 524 g/mol. The number of carbonyl (C=O) groups is 2. The first-order valence-corrected chi connectivity index (χ1v) is 13.3. The molecule has 0 radical (unpaired) electrons. The largest absolute Gasteiger partial charge is 0.508 e. The van der Waals surface area contributed by atoms with Crippen LogP contribution in [-0.4, -0.2) is 32.4 Å². The van der Waals surface area contributed by atoms with Gasteiger partial charge in [-0.3, -0.25) is 9.59 Å². The van der Waals surface area contributed by atoms with Gasteiger partial charge in [-0.2, -0.15) is 0 Å². The molecule has 212 valence electrons. The molecule has 0 aliphatic carbocycles. The van der Waals surface area contributed by atoms with Crippen molar-refractivity contribution in [1.29, 1.82) is 0 Å². The Kier molecular flexibility index (Phi) is 9.14. The van der Waals surface area contributed by atoms with Crippen LogP contribution < -0.4 is 9.47 Å². The fourth-order valence-electron chi connectivity index (χ4n) is 4.62. The lowest BCUT2D eigenvalue weighted by atomic mass is 9.95. The molecule has 0 aliphatic rings. The van der Waals surface area contributed by atoms with E-state index in [9.17, 15) is 30.0 Å². The molecule has 0 aromatic heterocycles. The number of aromatic hydroxyl groups is 4. The van der Waals surface area contributed by atoms with E-state index in [0.717, 1.165) is 12.8 Å². The Hall–Kier alpha value is -4.98. The van der Waals surface area contributed by atoms with E-state index in [1.165, 1.54) is 48.5 Å². The second kappa shape index (κ2) is 12.9. The lowest BCUT2D eigenvalue weighted by Crippen LogP contribution is -2.15. The summed E-state index contributed by atoms with van der Waals surface area (Å²) in [5.74, 6) is -3.17. The lowest BCUT2D eigenvalue weighted by molar-refractivity contribution is -0.136. The molecule has 8 nitrogen and oxygen atoms in total. The smallest absolute Gasteiger partial charge is 0.315 e. The summed E-state index contributed by atoms with van der Waals surface area (Å²) in [5, 5.41) is 42.9. The average molecular weight is 557 g/mol. The first-order valence-electron chi connectivity index (χ1n) is 13.3. The molecule has 0 saturated heterocycles. The summed E-state index contributed by atoms with van der Waals surface area (Å²) in [7, 11) is 0. The van der Waals surface area contributed by atoms with E-state index in [4.69, 9.17) is 9.47 Å². The van der Waals surface area contributed by atoms with Gasteiger partial charge in [0, 0.05) is 6.42 Å². The molecule has 0 amide bonds. The molecule has 4 aromatic carbocycles. The third-order valence-electron chi connectivity index (χ3n) is 6.59. The highest BCUT2D eigenvalue weighted by molar-refractivity contribution is 5.96. The zero-order valence-electron chi connectivity index (χ0n) is 22.8. The number of rotatable bonds is 10. The summed E-state index contributed by atoms with van der Waals surface area (Å²) in [6.07, 6.45) is 1.64. The maximum absolute atomic E-state index is 13.0. The van der Waals surface area contributed by atoms with Crippen LogP contribution in [-0.2, 0) is 16.0 Å².